The van der Waals surface area contributed by atoms with Gasteiger partial charge in [0, 0.05) is 0 Å². The monoisotopic (exact) mass is 168 g/mol. The van der Waals surface area contributed by atoms with Gasteiger partial charge in [0.25, 0.3) is 0 Å². The van der Waals surface area contributed by atoms with Crippen LogP contribution in [0.15, 0.2) is 0 Å². The number of hydrogen-bond donors (Lipinski definition) is 1. The summed E-state index contributed by atoms with van der Waals surface area (Å²) in [6.07, 6.45) is 8.00. The van der Waals surface area contributed by atoms with E-state index in [-0.39, 0.29) is 5.41 Å². The first-order valence-electron chi connectivity index (χ1n) is 4.99. The number of hydrogen-bond acceptors (Lipinski definition) is 1. The molecule has 0 amide bonds. The van der Waals surface area contributed by atoms with Gasteiger partial charge in [0.1, 0.15) is 0 Å². The predicted molar refractivity (Wildman–Crippen MR) is 45.9 cm³/mol. The molecule has 0 saturated heterocycles. The predicted octanol–water partition coefficient (Wildman–Crippen LogP) is 2.43. The maximum Gasteiger partial charge on any atom is 0.309 e. The van der Waals surface area contributed by atoms with Crippen LogP contribution in [0.1, 0.15) is 44.9 Å². The lowest BCUT2D eigenvalue weighted by molar-refractivity contribution is -0.146. The van der Waals surface area contributed by atoms with Crippen LogP contribution in [0.4, 0.5) is 0 Å². The number of carboxylic acids is 1. The average molecular weight is 168 g/mol. The quantitative estimate of drug-likeness (QED) is 0.687. The molecule has 2 nitrogen and oxygen atoms in total. The Labute approximate surface area is 73.0 Å². The van der Waals surface area contributed by atoms with Crippen LogP contribution < -0.4 is 0 Å². The zero-order chi connectivity index (χ0) is 8.60. The topological polar surface area (TPSA) is 37.3 Å². The summed E-state index contributed by atoms with van der Waals surface area (Å²) in [5.74, 6) is -0.0295. The maximum atomic E-state index is 11.0. The van der Waals surface area contributed by atoms with Gasteiger partial charge in [-0.2, -0.15) is 0 Å². The zero-order valence-electron chi connectivity index (χ0n) is 7.38. The van der Waals surface area contributed by atoms with Crippen molar-refractivity contribution in [3.05, 3.63) is 0 Å². The van der Waals surface area contributed by atoms with E-state index in [9.17, 15) is 4.79 Å². The summed E-state index contributed by atoms with van der Waals surface area (Å²) >= 11 is 0. The molecular weight excluding hydrogens is 152 g/mol. The summed E-state index contributed by atoms with van der Waals surface area (Å²) in [5.41, 5.74) is -0.263. The van der Waals surface area contributed by atoms with Crippen LogP contribution in [0, 0.1) is 11.3 Å². The third-order valence-electron chi connectivity index (χ3n) is 3.60. The van der Waals surface area contributed by atoms with Crippen molar-refractivity contribution in [2.75, 3.05) is 0 Å². The molecule has 2 heteroatoms. The van der Waals surface area contributed by atoms with Gasteiger partial charge in [0.05, 0.1) is 5.41 Å². The fourth-order valence-corrected chi connectivity index (χ4v) is 2.59. The molecule has 0 aliphatic heterocycles. The summed E-state index contributed by atoms with van der Waals surface area (Å²) in [6, 6.07) is 0. The van der Waals surface area contributed by atoms with Crippen LogP contribution in [0.3, 0.4) is 0 Å². The van der Waals surface area contributed by atoms with E-state index in [1.165, 1.54) is 19.3 Å². The van der Waals surface area contributed by atoms with Gasteiger partial charge in [-0.25, -0.2) is 0 Å². The van der Waals surface area contributed by atoms with Gasteiger partial charge in [-0.3, -0.25) is 4.79 Å². The molecule has 12 heavy (non-hydrogen) atoms. The van der Waals surface area contributed by atoms with Crippen molar-refractivity contribution in [1.29, 1.82) is 0 Å². The molecule has 0 bridgehead atoms. The van der Waals surface area contributed by atoms with Crippen LogP contribution >= 0.6 is 0 Å². The molecule has 0 aromatic carbocycles. The highest BCUT2D eigenvalue weighted by Crippen LogP contribution is 2.56. The Kier molecular flexibility index (Phi) is 1.85. The summed E-state index contributed by atoms with van der Waals surface area (Å²) in [7, 11) is 0. The van der Waals surface area contributed by atoms with Gasteiger partial charge in [-0.1, -0.05) is 19.3 Å². The minimum Gasteiger partial charge on any atom is -0.481 e. The lowest BCUT2D eigenvalue weighted by atomic mass is 9.78. The van der Waals surface area contributed by atoms with E-state index < -0.39 is 5.97 Å². The molecule has 0 radical (unpaired) electrons. The summed E-state index contributed by atoms with van der Waals surface area (Å²) in [4.78, 5) is 11.0. The second-order valence-electron chi connectivity index (χ2n) is 4.30. The van der Waals surface area contributed by atoms with Crippen LogP contribution in [-0.2, 0) is 4.79 Å². The summed E-state index contributed by atoms with van der Waals surface area (Å²) < 4.78 is 0. The van der Waals surface area contributed by atoms with Crippen LogP contribution in [0.5, 0.6) is 0 Å². The molecule has 2 aliphatic carbocycles. The van der Waals surface area contributed by atoms with E-state index in [1.54, 1.807) is 0 Å². The van der Waals surface area contributed by atoms with Crippen LogP contribution in [-0.4, -0.2) is 11.1 Å². The van der Waals surface area contributed by atoms with E-state index in [2.05, 4.69) is 0 Å². The normalized spacial score (nSPS) is 28.3. The van der Waals surface area contributed by atoms with E-state index in [0.29, 0.717) is 5.92 Å². The number of rotatable bonds is 2. The molecular formula is C10H16O2. The first kappa shape index (κ1) is 8.09. The lowest BCUT2D eigenvalue weighted by Crippen LogP contribution is -2.26. The highest BCUT2D eigenvalue weighted by Gasteiger charge is 2.55. The summed E-state index contributed by atoms with van der Waals surface area (Å²) in [6.45, 7) is 0. The highest BCUT2D eigenvalue weighted by molar-refractivity contribution is 5.78. The molecule has 2 fully saturated rings. The Morgan fingerprint density at radius 2 is 1.75 bits per heavy atom. The molecule has 0 aromatic heterocycles. The summed E-state index contributed by atoms with van der Waals surface area (Å²) in [5, 5.41) is 9.06. The Hall–Kier alpha value is -0.530. The van der Waals surface area contributed by atoms with Crippen molar-refractivity contribution < 1.29 is 9.90 Å². The highest BCUT2D eigenvalue weighted by atomic mass is 16.4. The number of aliphatic carboxylic acids is 1. The van der Waals surface area contributed by atoms with Crippen LogP contribution in [0.2, 0.25) is 0 Å². The second-order valence-corrected chi connectivity index (χ2v) is 4.30. The standard InChI is InChI=1S/C10H16O2/c11-9(12)10(6-7-10)8-4-2-1-3-5-8/h8H,1-7H2,(H,11,12). The average Bonchev–Trinajstić information content (AvgIpc) is 2.86. The van der Waals surface area contributed by atoms with E-state index in [0.717, 1.165) is 25.7 Å². The van der Waals surface area contributed by atoms with Crippen molar-refractivity contribution in [2.45, 2.75) is 44.9 Å². The van der Waals surface area contributed by atoms with Crippen molar-refractivity contribution in [1.82, 2.24) is 0 Å². The van der Waals surface area contributed by atoms with Gasteiger partial charge >= 0.3 is 5.97 Å². The van der Waals surface area contributed by atoms with E-state index in [4.69, 9.17) is 5.11 Å². The van der Waals surface area contributed by atoms with Crippen molar-refractivity contribution >= 4 is 5.97 Å². The molecule has 1 N–H and O–H groups in total. The first-order chi connectivity index (χ1) is 5.76. The number of carboxylic acid groups (broad SMARTS) is 1. The maximum absolute atomic E-state index is 11.0. The molecule has 0 unspecified atom stereocenters. The Balaban J connectivity index is 2.02. The Morgan fingerprint density at radius 1 is 1.17 bits per heavy atom. The zero-order valence-corrected chi connectivity index (χ0v) is 7.38. The Morgan fingerprint density at radius 3 is 2.17 bits per heavy atom. The van der Waals surface area contributed by atoms with E-state index >= 15 is 0 Å². The second kappa shape index (κ2) is 2.75. The molecule has 0 atom stereocenters. The van der Waals surface area contributed by atoms with Crippen molar-refractivity contribution in [3.8, 4) is 0 Å². The van der Waals surface area contributed by atoms with Gasteiger partial charge in [0.2, 0.25) is 0 Å². The molecule has 2 rings (SSSR count). The Bertz CT molecular complexity index is 188. The third kappa shape index (κ3) is 1.13. The smallest absolute Gasteiger partial charge is 0.309 e. The lowest BCUT2D eigenvalue weighted by Gasteiger charge is -2.27. The number of carbonyl (C=O) groups is 1. The van der Waals surface area contributed by atoms with E-state index in [1.807, 2.05) is 0 Å². The largest absolute Gasteiger partial charge is 0.481 e. The molecule has 2 aliphatic rings. The molecule has 0 spiro atoms. The molecule has 0 heterocycles. The minimum atomic E-state index is -0.533. The van der Waals surface area contributed by atoms with Crippen molar-refractivity contribution in [2.24, 2.45) is 11.3 Å². The van der Waals surface area contributed by atoms with Crippen LogP contribution in [0.25, 0.3) is 0 Å². The van der Waals surface area contributed by atoms with Gasteiger partial charge in [-0.15, -0.1) is 0 Å². The van der Waals surface area contributed by atoms with Gasteiger partial charge in [-0.05, 0) is 31.6 Å². The van der Waals surface area contributed by atoms with Crippen molar-refractivity contribution in [3.63, 3.8) is 0 Å². The minimum absolute atomic E-state index is 0.263. The van der Waals surface area contributed by atoms with Gasteiger partial charge < -0.3 is 5.11 Å². The fourth-order valence-electron chi connectivity index (χ4n) is 2.59. The molecule has 68 valence electrons. The molecule has 2 saturated carbocycles. The van der Waals surface area contributed by atoms with Gasteiger partial charge in [0.15, 0.2) is 0 Å². The first-order valence-corrected chi connectivity index (χ1v) is 4.99. The third-order valence-corrected chi connectivity index (χ3v) is 3.60. The SMILES string of the molecule is O=C(O)C1(C2CCCCC2)CC1. The fraction of sp³-hybridized carbons (Fsp3) is 0.900. The molecule has 0 aromatic rings.